The summed E-state index contributed by atoms with van der Waals surface area (Å²) >= 11 is 0. The first-order valence-corrected chi connectivity index (χ1v) is 4.44. The van der Waals surface area contributed by atoms with Crippen LogP contribution < -0.4 is 5.32 Å². The molecule has 0 aromatic carbocycles. The number of halogens is 2. The Morgan fingerprint density at radius 3 is 2.40 bits per heavy atom. The molecule has 0 radical (unpaired) electrons. The van der Waals surface area contributed by atoms with E-state index in [0.717, 1.165) is 26.2 Å². The quantitative estimate of drug-likeness (QED) is 0.589. The lowest BCUT2D eigenvalue weighted by Crippen LogP contribution is -2.50. The van der Waals surface area contributed by atoms with E-state index in [-0.39, 0.29) is 36.8 Å². The van der Waals surface area contributed by atoms with Gasteiger partial charge in [0.2, 0.25) is 0 Å². The summed E-state index contributed by atoms with van der Waals surface area (Å²) in [5.74, 6) is -0.225. The Balaban J connectivity index is 0. The maximum atomic E-state index is 11.3. The van der Waals surface area contributed by atoms with Crippen LogP contribution in [0.15, 0.2) is 12.7 Å². The van der Waals surface area contributed by atoms with Gasteiger partial charge in [-0.2, -0.15) is 0 Å². The van der Waals surface area contributed by atoms with E-state index in [0.29, 0.717) is 0 Å². The molecule has 1 unspecified atom stereocenters. The lowest BCUT2D eigenvalue weighted by Gasteiger charge is -2.31. The van der Waals surface area contributed by atoms with Crippen molar-refractivity contribution >= 4 is 30.8 Å². The fraction of sp³-hybridized carbons (Fsp3) is 0.667. The summed E-state index contributed by atoms with van der Waals surface area (Å²) in [7, 11) is 1.40. The van der Waals surface area contributed by atoms with Gasteiger partial charge in [0.15, 0.2) is 0 Å². The van der Waals surface area contributed by atoms with Gasteiger partial charge in [-0.1, -0.05) is 6.08 Å². The largest absolute Gasteiger partial charge is 0.468 e. The number of nitrogens with one attached hydrogen (secondary N) is 1. The van der Waals surface area contributed by atoms with Crippen LogP contribution in [-0.2, 0) is 9.53 Å². The number of ether oxygens (including phenoxy) is 1. The van der Waals surface area contributed by atoms with Gasteiger partial charge in [0.05, 0.1) is 7.11 Å². The predicted molar refractivity (Wildman–Crippen MR) is 64.9 cm³/mol. The summed E-state index contributed by atoms with van der Waals surface area (Å²) < 4.78 is 4.68. The number of hydrogen-bond acceptors (Lipinski definition) is 4. The molecule has 1 saturated heterocycles. The van der Waals surface area contributed by atoms with E-state index < -0.39 is 0 Å². The van der Waals surface area contributed by atoms with E-state index in [4.69, 9.17) is 0 Å². The molecule has 1 fully saturated rings. The Hall–Kier alpha value is -0.290. The molecular formula is C9H18Cl2N2O2. The highest BCUT2D eigenvalue weighted by Crippen LogP contribution is 2.04. The third-order valence-corrected chi connectivity index (χ3v) is 2.21. The van der Waals surface area contributed by atoms with Crippen LogP contribution in [0.25, 0.3) is 0 Å². The van der Waals surface area contributed by atoms with E-state index in [9.17, 15) is 4.79 Å². The highest BCUT2D eigenvalue weighted by atomic mass is 35.5. The summed E-state index contributed by atoms with van der Waals surface area (Å²) in [5, 5.41) is 3.22. The molecule has 1 aliphatic rings. The van der Waals surface area contributed by atoms with Gasteiger partial charge in [-0.15, -0.1) is 31.4 Å². The molecule has 4 nitrogen and oxygen atoms in total. The lowest BCUT2D eigenvalue weighted by atomic mass is 10.2. The zero-order valence-corrected chi connectivity index (χ0v) is 10.4. The number of rotatable bonds is 3. The van der Waals surface area contributed by atoms with Crippen LogP contribution in [0.5, 0.6) is 0 Å². The SMILES string of the molecule is C=CC(C(=O)OC)N1CCNCC1.Cl.Cl. The number of nitrogens with zero attached hydrogens (tertiary/aromatic N) is 1. The second kappa shape index (κ2) is 8.97. The number of methoxy groups -OCH3 is 1. The van der Waals surface area contributed by atoms with E-state index in [1.807, 2.05) is 0 Å². The van der Waals surface area contributed by atoms with Crippen LogP contribution in [0.1, 0.15) is 0 Å². The molecule has 1 rings (SSSR count). The van der Waals surface area contributed by atoms with Crippen molar-refractivity contribution in [3.8, 4) is 0 Å². The Morgan fingerprint density at radius 1 is 1.47 bits per heavy atom. The number of carbonyl (C=O) groups is 1. The molecule has 90 valence electrons. The summed E-state index contributed by atoms with van der Waals surface area (Å²) in [6.07, 6.45) is 1.64. The molecule has 1 atom stereocenters. The summed E-state index contributed by atoms with van der Waals surface area (Å²) in [4.78, 5) is 13.4. The number of hydrogen-bond donors (Lipinski definition) is 1. The van der Waals surface area contributed by atoms with Crippen molar-refractivity contribution in [2.75, 3.05) is 33.3 Å². The fourth-order valence-corrected chi connectivity index (χ4v) is 1.48. The third-order valence-electron chi connectivity index (χ3n) is 2.21. The monoisotopic (exact) mass is 256 g/mol. The van der Waals surface area contributed by atoms with E-state index in [1.54, 1.807) is 6.08 Å². The first-order valence-electron chi connectivity index (χ1n) is 4.44. The zero-order chi connectivity index (χ0) is 9.68. The molecule has 0 bridgehead atoms. The molecular weight excluding hydrogens is 239 g/mol. The lowest BCUT2D eigenvalue weighted by molar-refractivity contribution is -0.145. The molecule has 0 aliphatic carbocycles. The van der Waals surface area contributed by atoms with Crippen molar-refractivity contribution in [3.63, 3.8) is 0 Å². The van der Waals surface area contributed by atoms with Gasteiger partial charge in [0.1, 0.15) is 6.04 Å². The molecule has 1 aliphatic heterocycles. The van der Waals surface area contributed by atoms with Crippen LogP contribution in [0, 0.1) is 0 Å². The summed E-state index contributed by atoms with van der Waals surface area (Å²) in [5.41, 5.74) is 0. The van der Waals surface area contributed by atoms with Crippen LogP contribution in [-0.4, -0.2) is 50.2 Å². The first-order chi connectivity index (χ1) is 6.29. The maximum absolute atomic E-state index is 11.3. The molecule has 0 amide bonds. The molecule has 0 aromatic rings. The number of carbonyl (C=O) groups excluding carboxylic acids is 1. The molecule has 0 spiro atoms. The smallest absolute Gasteiger partial charge is 0.327 e. The first kappa shape index (κ1) is 17.1. The molecule has 0 saturated carbocycles. The number of piperazine rings is 1. The van der Waals surface area contributed by atoms with Crippen LogP contribution in [0.2, 0.25) is 0 Å². The van der Waals surface area contributed by atoms with E-state index in [2.05, 4.69) is 21.5 Å². The van der Waals surface area contributed by atoms with Gasteiger partial charge in [-0.05, 0) is 0 Å². The standard InChI is InChI=1S/C9H16N2O2.2ClH/c1-3-8(9(12)13-2)11-6-4-10-5-7-11;;/h3,8,10H,1,4-7H2,2H3;2*1H. The number of esters is 1. The van der Waals surface area contributed by atoms with Gasteiger partial charge in [0.25, 0.3) is 0 Å². The Labute approximate surface area is 103 Å². The van der Waals surface area contributed by atoms with Gasteiger partial charge < -0.3 is 10.1 Å². The minimum Gasteiger partial charge on any atom is -0.468 e. The highest BCUT2D eigenvalue weighted by Gasteiger charge is 2.24. The van der Waals surface area contributed by atoms with E-state index >= 15 is 0 Å². The molecule has 6 heteroatoms. The Morgan fingerprint density at radius 2 is 2.00 bits per heavy atom. The van der Waals surface area contributed by atoms with E-state index in [1.165, 1.54) is 7.11 Å². The van der Waals surface area contributed by atoms with Gasteiger partial charge in [0, 0.05) is 26.2 Å². The fourth-order valence-electron chi connectivity index (χ4n) is 1.48. The van der Waals surface area contributed by atoms with Crippen molar-refractivity contribution in [3.05, 3.63) is 12.7 Å². The van der Waals surface area contributed by atoms with Crippen molar-refractivity contribution in [2.45, 2.75) is 6.04 Å². The summed E-state index contributed by atoms with van der Waals surface area (Å²) in [6, 6.07) is -0.285. The van der Waals surface area contributed by atoms with Gasteiger partial charge >= 0.3 is 5.97 Å². The minimum absolute atomic E-state index is 0. The van der Waals surface area contributed by atoms with Crippen molar-refractivity contribution in [1.82, 2.24) is 10.2 Å². The topological polar surface area (TPSA) is 41.6 Å². The van der Waals surface area contributed by atoms with Crippen LogP contribution in [0.4, 0.5) is 0 Å². The van der Waals surface area contributed by atoms with Crippen molar-refractivity contribution in [2.24, 2.45) is 0 Å². The second-order valence-corrected chi connectivity index (χ2v) is 2.99. The van der Waals surface area contributed by atoms with Crippen LogP contribution >= 0.6 is 24.8 Å². The highest BCUT2D eigenvalue weighted by molar-refractivity contribution is 5.85. The Kier molecular flexibility index (Phi) is 10.2. The molecule has 1 N–H and O–H groups in total. The Bertz CT molecular complexity index is 197. The minimum atomic E-state index is -0.285. The van der Waals surface area contributed by atoms with Gasteiger partial charge in [-0.3, -0.25) is 9.69 Å². The normalized spacial score (nSPS) is 17.9. The summed E-state index contributed by atoms with van der Waals surface area (Å²) in [6.45, 7) is 7.21. The van der Waals surface area contributed by atoms with Crippen molar-refractivity contribution in [1.29, 1.82) is 0 Å². The second-order valence-electron chi connectivity index (χ2n) is 2.99. The maximum Gasteiger partial charge on any atom is 0.327 e. The average molecular weight is 257 g/mol. The van der Waals surface area contributed by atoms with Gasteiger partial charge in [-0.25, -0.2) is 0 Å². The average Bonchev–Trinajstić information content (AvgIpc) is 2.20. The van der Waals surface area contributed by atoms with Crippen LogP contribution in [0.3, 0.4) is 0 Å². The molecule has 0 aromatic heterocycles. The molecule has 15 heavy (non-hydrogen) atoms. The van der Waals surface area contributed by atoms with Crippen molar-refractivity contribution < 1.29 is 9.53 Å². The third kappa shape index (κ3) is 4.84. The predicted octanol–water partition coefficient (Wildman–Crippen LogP) is 0.463. The molecule has 1 heterocycles. The zero-order valence-electron chi connectivity index (χ0n) is 8.77.